The fourth-order valence-electron chi connectivity index (χ4n) is 1.35. The summed E-state index contributed by atoms with van der Waals surface area (Å²) in [5.74, 6) is 1.74. The van der Waals surface area contributed by atoms with Crippen molar-refractivity contribution in [1.82, 2.24) is 0 Å². The van der Waals surface area contributed by atoms with E-state index in [1.165, 1.54) is 6.42 Å². The average Bonchev–Trinajstić information content (AvgIpc) is 2.43. The van der Waals surface area contributed by atoms with Gasteiger partial charge in [-0.2, -0.15) is 0 Å². The molecular formula is C7H15NO2S. The zero-order valence-electron chi connectivity index (χ0n) is 6.79. The number of primary sulfonamides is 1. The Labute approximate surface area is 68.0 Å². The van der Waals surface area contributed by atoms with Crippen LogP contribution in [0.15, 0.2) is 0 Å². The predicted molar refractivity (Wildman–Crippen MR) is 44.5 cm³/mol. The lowest BCUT2D eigenvalue weighted by Crippen LogP contribution is -2.16. The maximum absolute atomic E-state index is 10.5. The summed E-state index contributed by atoms with van der Waals surface area (Å²) < 4.78 is 21.0. The molecule has 0 aromatic heterocycles. The topological polar surface area (TPSA) is 60.2 Å². The summed E-state index contributed by atoms with van der Waals surface area (Å²) in [4.78, 5) is 0. The molecular weight excluding hydrogens is 162 g/mol. The summed E-state index contributed by atoms with van der Waals surface area (Å²) in [6.45, 7) is 2.20. The van der Waals surface area contributed by atoms with Crippen LogP contribution in [-0.2, 0) is 10.0 Å². The normalized spacial score (nSPS) is 30.4. The molecule has 0 spiro atoms. The molecule has 11 heavy (non-hydrogen) atoms. The molecule has 3 nitrogen and oxygen atoms in total. The number of rotatable bonds is 4. The van der Waals surface area contributed by atoms with Crippen molar-refractivity contribution in [1.29, 1.82) is 0 Å². The molecule has 1 rings (SSSR count). The van der Waals surface area contributed by atoms with Crippen LogP contribution in [0.1, 0.15) is 26.2 Å². The highest BCUT2D eigenvalue weighted by Crippen LogP contribution is 2.41. The molecule has 1 saturated carbocycles. The van der Waals surface area contributed by atoms with E-state index in [1.54, 1.807) is 0 Å². The third-order valence-corrected chi connectivity index (χ3v) is 3.14. The molecule has 2 atom stereocenters. The molecule has 66 valence electrons. The quantitative estimate of drug-likeness (QED) is 0.687. The minimum Gasteiger partial charge on any atom is -0.229 e. The molecule has 0 heterocycles. The highest BCUT2D eigenvalue weighted by atomic mass is 32.2. The molecule has 0 aromatic carbocycles. The van der Waals surface area contributed by atoms with Gasteiger partial charge in [0, 0.05) is 0 Å². The van der Waals surface area contributed by atoms with E-state index < -0.39 is 10.0 Å². The fraction of sp³-hybridized carbons (Fsp3) is 1.00. The maximum Gasteiger partial charge on any atom is 0.209 e. The number of hydrogen-bond acceptors (Lipinski definition) is 2. The lowest BCUT2D eigenvalue weighted by atomic mass is 10.2. The van der Waals surface area contributed by atoms with Crippen LogP contribution in [-0.4, -0.2) is 14.2 Å². The second-order valence-electron chi connectivity index (χ2n) is 3.48. The van der Waals surface area contributed by atoms with E-state index in [1.807, 2.05) is 0 Å². The molecule has 0 saturated heterocycles. The Morgan fingerprint density at radius 1 is 1.55 bits per heavy atom. The molecule has 0 radical (unpaired) electrons. The van der Waals surface area contributed by atoms with E-state index in [4.69, 9.17) is 5.14 Å². The molecule has 2 N–H and O–H groups in total. The van der Waals surface area contributed by atoms with E-state index in [-0.39, 0.29) is 5.75 Å². The van der Waals surface area contributed by atoms with E-state index >= 15 is 0 Å². The van der Waals surface area contributed by atoms with Crippen LogP contribution in [0.4, 0.5) is 0 Å². The summed E-state index contributed by atoms with van der Waals surface area (Å²) in [5.41, 5.74) is 0. The van der Waals surface area contributed by atoms with Gasteiger partial charge in [0.05, 0.1) is 5.75 Å². The minimum atomic E-state index is -3.21. The molecule has 0 aromatic rings. The summed E-state index contributed by atoms with van der Waals surface area (Å²) in [6.07, 6.45) is 3.02. The first-order chi connectivity index (χ1) is 4.99. The lowest BCUT2D eigenvalue weighted by molar-refractivity contribution is 0.587. The van der Waals surface area contributed by atoms with Crippen LogP contribution in [0.3, 0.4) is 0 Å². The molecule has 1 aliphatic carbocycles. The Bertz CT molecular complexity index is 223. The molecule has 0 amide bonds. The SMILES string of the molecule is C[C@@H]1C[C@@H]1CCCS(N)(=O)=O. The van der Waals surface area contributed by atoms with Gasteiger partial charge in [0.15, 0.2) is 0 Å². The van der Waals surface area contributed by atoms with Crippen molar-refractivity contribution in [2.45, 2.75) is 26.2 Å². The molecule has 1 fully saturated rings. The van der Waals surface area contributed by atoms with Crippen LogP contribution >= 0.6 is 0 Å². The number of nitrogens with two attached hydrogens (primary N) is 1. The van der Waals surface area contributed by atoms with Gasteiger partial charge >= 0.3 is 0 Å². The summed E-state index contributed by atoms with van der Waals surface area (Å²) in [5, 5.41) is 4.85. The van der Waals surface area contributed by atoms with Crippen molar-refractivity contribution in [2.24, 2.45) is 17.0 Å². The Balaban J connectivity index is 2.06. The predicted octanol–water partition coefficient (Wildman–Crippen LogP) is 0.711. The Morgan fingerprint density at radius 2 is 2.09 bits per heavy atom. The first kappa shape index (κ1) is 9.00. The lowest BCUT2D eigenvalue weighted by Gasteiger charge is -1.96. The fourth-order valence-corrected chi connectivity index (χ4v) is 1.92. The largest absolute Gasteiger partial charge is 0.229 e. The number of sulfonamides is 1. The summed E-state index contributed by atoms with van der Waals surface area (Å²) in [6, 6.07) is 0. The molecule has 1 aliphatic rings. The van der Waals surface area contributed by atoms with Crippen molar-refractivity contribution in [3.63, 3.8) is 0 Å². The van der Waals surface area contributed by atoms with Gasteiger partial charge in [0.1, 0.15) is 0 Å². The molecule has 0 bridgehead atoms. The standard InChI is InChI=1S/C7H15NO2S/c1-6-5-7(6)3-2-4-11(8,9)10/h6-7H,2-5H2,1H3,(H2,8,9,10)/t6-,7+/m1/s1. The second kappa shape index (κ2) is 3.11. The van der Waals surface area contributed by atoms with Gasteiger partial charge in [-0.25, -0.2) is 13.6 Å². The average molecular weight is 177 g/mol. The van der Waals surface area contributed by atoms with Gasteiger partial charge in [0.2, 0.25) is 10.0 Å². The molecule has 0 aliphatic heterocycles. The van der Waals surface area contributed by atoms with Crippen molar-refractivity contribution < 1.29 is 8.42 Å². The van der Waals surface area contributed by atoms with Crippen LogP contribution in [0.2, 0.25) is 0 Å². The van der Waals surface area contributed by atoms with Crippen LogP contribution in [0.5, 0.6) is 0 Å². The molecule has 4 heteroatoms. The summed E-state index contributed by atoms with van der Waals surface area (Å²) in [7, 11) is -3.21. The zero-order chi connectivity index (χ0) is 8.48. The molecule has 0 unspecified atom stereocenters. The highest BCUT2D eigenvalue weighted by Gasteiger charge is 2.31. The maximum atomic E-state index is 10.5. The first-order valence-corrected chi connectivity index (χ1v) is 5.71. The Morgan fingerprint density at radius 3 is 2.45 bits per heavy atom. The van der Waals surface area contributed by atoms with Crippen molar-refractivity contribution >= 4 is 10.0 Å². The third-order valence-electron chi connectivity index (χ3n) is 2.28. The van der Waals surface area contributed by atoms with Crippen LogP contribution in [0, 0.1) is 11.8 Å². The van der Waals surface area contributed by atoms with E-state index in [0.29, 0.717) is 0 Å². The van der Waals surface area contributed by atoms with Gasteiger partial charge in [-0.3, -0.25) is 0 Å². The van der Waals surface area contributed by atoms with Crippen molar-refractivity contribution in [3.8, 4) is 0 Å². The van der Waals surface area contributed by atoms with Gasteiger partial charge in [-0.05, 0) is 31.1 Å². The third kappa shape index (κ3) is 3.72. The minimum absolute atomic E-state index is 0.149. The van der Waals surface area contributed by atoms with Gasteiger partial charge < -0.3 is 0 Å². The van der Waals surface area contributed by atoms with Crippen LogP contribution < -0.4 is 5.14 Å². The van der Waals surface area contributed by atoms with Crippen molar-refractivity contribution in [2.75, 3.05) is 5.75 Å². The monoisotopic (exact) mass is 177 g/mol. The summed E-state index contributed by atoms with van der Waals surface area (Å²) >= 11 is 0. The van der Waals surface area contributed by atoms with E-state index in [0.717, 1.165) is 24.7 Å². The number of hydrogen-bond donors (Lipinski definition) is 1. The Hall–Kier alpha value is -0.0900. The smallest absolute Gasteiger partial charge is 0.209 e. The van der Waals surface area contributed by atoms with Gasteiger partial charge in [-0.15, -0.1) is 0 Å². The Kier molecular flexibility index (Phi) is 2.54. The van der Waals surface area contributed by atoms with Crippen LogP contribution in [0.25, 0.3) is 0 Å². The first-order valence-electron chi connectivity index (χ1n) is 3.99. The van der Waals surface area contributed by atoms with E-state index in [9.17, 15) is 8.42 Å². The zero-order valence-corrected chi connectivity index (χ0v) is 7.60. The highest BCUT2D eigenvalue weighted by molar-refractivity contribution is 7.89. The second-order valence-corrected chi connectivity index (χ2v) is 5.22. The van der Waals surface area contributed by atoms with Gasteiger partial charge in [0.25, 0.3) is 0 Å². The van der Waals surface area contributed by atoms with Gasteiger partial charge in [-0.1, -0.05) is 6.92 Å². The van der Waals surface area contributed by atoms with Crippen molar-refractivity contribution in [3.05, 3.63) is 0 Å². The van der Waals surface area contributed by atoms with E-state index in [2.05, 4.69) is 6.92 Å².